The van der Waals surface area contributed by atoms with Crippen LogP contribution in [0.3, 0.4) is 0 Å². The Balaban J connectivity index is 2.21. The normalized spacial score (nSPS) is 15.4. The second-order valence-corrected chi connectivity index (χ2v) is 7.14. The van der Waals surface area contributed by atoms with Gasteiger partial charge in [-0.15, -0.1) is 0 Å². The van der Waals surface area contributed by atoms with Crippen molar-refractivity contribution in [3.05, 3.63) is 11.1 Å². The number of methoxy groups -OCH3 is 1. The number of carbonyl (C=O) groups excluding carboxylic acids is 1. The predicted octanol–water partition coefficient (Wildman–Crippen LogP) is 2.95. The van der Waals surface area contributed by atoms with Crippen molar-refractivity contribution in [3.63, 3.8) is 0 Å². The first-order valence-electron chi connectivity index (χ1n) is 7.67. The van der Waals surface area contributed by atoms with Gasteiger partial charge >= 0.3 is 0 Å². The van der Waals surface area contributed by atoms with E-state index in [9.17, 15) is 4.79 Å². The fourth-order valence-corrected chi connectivity index (χ4v) is 2.59. The number of amides is 1. The van der Waals surface area contributed by atoms with E-state index in [0.29, 0.717) is 36.2 Å². The maximum atomic E-state index is 12.2. The third-order valence-corrected chi connectivity index (χ3v) is 3.71. The summed E-state index contributed by atoms with van der Waals surface area (Å²) in [5.41, 5.74) is 0.311. The highest BCUT2D eigenvalue weighted by Gasteiger charge is 2.21. The molecule has 0 spiro atoms. The van der Waals surface area contributed by atoms with Crippen molar-refractivity contribution in [3.8, 4) is 5.88 Å². The molecule has 23 heavy (non-hydrogen) atoms. The quantitative estimate of drug-likeness (QED) is 0.912. The van der Waals surface area contributed by atoms with E-state index >= 15 is 0 Å². The molecule has 1 amide bonds. The molecule has 1 aliphatic heterocycles. The minimum atomic E-state index is -0.112. The molecule has 1 N–H and O–H groups in total. The summed E-state index contributed by atoms with van der Waals surface area (Å²) in [4.78, 5) is 18.7. The second kappa shape index (κ2) is 7.36. The summed E-state index contributed by atoms with van der Waals surface area (Å²) in [7, 11) is 1.52. The van der Waals surface area contributed by atoms with Crippen LogP contribution in [0.25, 0.3) is 0 Å². The van der Waals surface area contributed by atoms with Crippen LogP contribution in [0.15, 0.2) is 6.07 Å². The van der Waals surface area contributed by atoms with E-state index < -0.39 is 0 Å². The van der Waals surface area contributed by atoms with E-state index in [1.165, 1.54) is 7.11 Å². The van der Waals surface area contributed by atoms with Gasteiger partial charge in [0.15, 0.2) is 0 Å². The molecule has 0 radical (unpaired) electrons. The summed E-state index contributed by atoms with van der Waals surface area (Å²) < 4.78 is 10.7. The number of ether oxygens (including phenoxy) is 2. The van der Waals surface area contributed by atoms with E-state index in [-0.39, 0.29) is 11.3 Å². The number of anilines is 2. The first kappa shape index (κ1) is 17.8. The molecule has 2 rings (SSSR count). The third kappa shape index (κ3) is 4.97. The van der Waals surface area contributed by atoms with E-state index in [1.807, 2.05) is 20.8 Å². The van der Waals surface area contributed by atoms with Crippen LogP contribution in [0.2, 0.25) is 5.02 Å². The Morgan fingerprint density at radius 1 is 1.43 bits per heavy atom. The number of hydrogen-bond donors (Lipinski definition) is 1. The molecule has 128 valence electrons. The standard InChI is InChI=1S/C16H24ClN3O3/c1-16(2,3)10-13(21)19-14-11(17)9-12(18-15(14)22-4)20-5-7-23-8-6-20/h9H,5-8,10H2,1-4H3,(H,19,21). The Morgan fingerprint density at radius 3 is 2.65 bits per heavy atom. The molecule has 1 aromatic heterocycles. The number of aromatic nitrogens is 1. The van der Waals surface area contributed by atoms with Gasteiger partial charge in [0.2, 0.25) is 11.8 Å². The second-order valence-electron chi connectivity index (χ2n) is 6.73. The Hall–Kier alpha value is -1.53. The number of halogens is 1. The zero-order chi connectivity index (χ0) is 17.0. The molecule has 6 nitrogen and oxygen atoms in total. The molecule has 1 aromatic rings. The summed E-state index contributed by atoms with van der Waals surface area (Å²) >= 11 is 6.36. The first-order chi connectivity index (χ1) is 10.8. The molecule has 0 unspecified atom stereocenters. The third-order valence-electron chi connectivity index (χ3n) is 3.41. The molecule has 1 aliphatic rings. The lowest BCUT2D eigenvalue weighted by atomic mass is 9.92. The topological polar surface area (TPSA) is 63.7 Å². The van der Waals surface area contributed by atoms with Crippen LogP contribution in [0, 0.1) is 5.41 Å². The van der Waals surface area contributed by atoms with Crippen molar-refractivity contribution in [2.75, 3.05) is 43.6 Å². The van der Waals surface area contributed by atoms with Gasteiger partial charge < -0.3 is 19.7 Å². The largest absolute Gasteiger partial charge is 0.479 e. The van der Waals surface area contributed by atoms with E-state index in [4.69, 9.17) is 21.1 Å². The Labute approximate surface area is 142 Å². The maximum Gasteiger partial charge on any atom is 0.241 e. The minimum Gasteiger partial charge on any atom is -0.479 e. The van der Waals surface area contributed by atoms with E-state index in [2.05, 4.69) is 15.2 Å². The molecule has 7 heteroatoms. The van der Waals surface area contributed by atoms with Gasteiger partial charge in [-0.3, -0.25) is 4.79 Å². The van der Waals surface area contributed by atoms with Crippen LogP contribution in [0.5, 0.6) is 5.88 Å². The smallest absolute Gasteiger partial charge is 0.241 e. The molecule has 0 saturated carbocycles. The fraction of sp³-hybridized carbons (Fsp3) is 0.625. The fourth-order valence-electron chi connectivity index (χ4n) is 2.36. The average molecular weight is 342 g/mol. The summed E-state index contributed by atoms with van der Waals surface area (Å²) in [5, 5.41) is 3.23. The van der Waals surface area contributed by atoms with E-state index in [1.54, 1.807) is 6.07 Å². The van der Waals surface area contributed by atoms with Crippen LogP contribution >= 0.6 is 11.6 Å². The van der Waals surface area contributed by atoms with Gasteiger partial charge in [0, 0.05) is 25.6 Å². The molecule has 1 fully saturated rings. The number of carbonyl (C=O) groups is 1. The van der Waals surface area contributed by atoms with Crippen molar-refractivity contribution in [1.29, 1.82) is 0 Å². The van der Waals surface area contributed by atoms with Gasteiger partial charge in [-0.2, -0.15) is 4.98 Å². The van der Waals surface area contributed by atoms with Gasteiger partial charge in [-0.25, -0.2) is 0 Å². The van der Waals surface area contributed by atoms with E-state index in [0.717, 1.165) is 18.9 Å². The first-order valence-corrected chi connectivity index (χ1v) is 8.05. The molecule has 0 bridgehead atoms. The number of hydrogen-bond acceptors (Lipinski definition) is 5. The monoisotopic (exact) mass is 341 g/mol. The number of morpholine rings is 1. The highest BCUT2D eigenvalue weighted by atomic mass is 35.5. The lowest BCUT2D eigenvalue weighted by Gasteiger charge is -2.28. The average Bonchev–Trinajstić information content (AvgIpc) is 2.48. The Kier molecular flexibility index (Phi) is 5.70. The van der Waals surface area contributed by atoms with Gasteiger partial charge in [0.05, 0.1) is 25.3 Å². The SMILES string of the molecule is COc1nc(N2CCOCC2)cc(Cl)c1NC(=O)CC(C)(C)C. The van der Waals surface area contributed by atoms with Crippen molar-refractivity contribution < 1.29 is 14.3 Å². The number of rotatable bonds is 4. The lowest BCUT2D eigenvalue weighted by Crippen LogP contribution is -2.36. The molecule has 1 saturated heterocycles. The van der Waals surface area contributed by atoms with Crippen LogP contribution in [0.1, 0.15) is 27.2 Å². The van der Waals surface area contributed by atoms with Gasteiger partial charge in [-0.05, 0) is 5.41 Å². The summed E-state index contributed by atoms with van der Waals surface area (Å²) in [6.07, 6.45) is 0.387. The molecule has 0 aliphatic carbocycles. The van der Waals surface area contributed by atoms with Crippen LogP contribution in [0.4, 0.5) is 11.5 Å². The summed E-state index contributed by atoms with van der Waals surface area (Å²) in [6.45, 7) is 8.84. The highest BCUT2D eigenvalue weighted by molar-refractivity contribution is 6.34. The molecular formula is C16H24ClN3O3. The minimum absolute atomic E-state index is 0.106. The molecule has 2 heterocycles. The molecule has 0 aromatic carbocycles. The highest BCUT2D eigenvalue weighted by Crippen LogP contribution is 2.35. The van der Waals surface area contributed by atoms with Crippen molar-refractivity contribution >= 4 is 29.0 Å². The van der Waals surface area contributed by atoms with Crippen molar-refractivity contribution in [2.45, 2.75) is 27.2 Å². The van der Waals surface area contributed by atoms with Gasteiger partial charge in [0.1, 0.15) is 11.5 Å². The zero-order valence-electron chi connectivity index (χ0n) is 14.1. The van der Waals surface area contributed by atoms with Crippen molar-refractivity contribution in [2.24, 2.45) is 5.41 Å². The summed E-state index contributed by atoms with van der Waals surface area (Å²) in [5.74, 6) is 0.934. The molecule has 0 atom stereocenters. The Bertz CT molecular complexity index is 566. The number of pyridine rings is 1. The maximum absolute atomic E-state index is 12.2. The summed E-state index contributed by atoms with van der Waals surface area (Å²) in [6, 6.07) is 1.75. The van der Waals surface area contributed by atoms with Gasteiger partial charge in [-0.1, -0.05) is 32.4 Å². The van der Waals surface area contributed by atoms with Crippen LogP contribution in [-0.2, 0) is 9.53 Å². The van der Waals surface area contributed by atoms with Crippen LogP contribution in [-0.4, -0.2) is 44.3 Å². The van der Waals surface area contributed by atoms with Gasteiger partial charge in [0.25, 0.3) is 0 Å². The van der Waals surface area contributed by atoms with Crippen LogP contribution < -0.4 is 15.0 Å². The predicted molar refractivity (Wildman–Crippen MR) is 91.5 cm³/mol. The molecular weight excluding hydrogens is 318 g/mol. The number of nitrogens with one attached hydrogen (secondary N) is 1. The Morgan fingerprint density at radius 2 is 2.09 bits per heavy atom. The zero-order valence-corrected chi connectivity index (χ0v) is 14.9. The van der Waals surface area contributed by atoms with Crippen molar-refractivity contribution in [1.82, 2.24) is 4.98 Å². The number of nitrogens with zero attached hydrogens (tertiary/aromatic N) is 2. The lowest BCUT2D eigenvalue weighted by molar-refractivity contribution is -0.117.